The molecule has 0 spiro atoms. The summed E-state index contributed by atoms with van der Waals surface area (Å²) in [7, 11) is 0. The molecule has 0 aliphatic heterocycles. The van der Waals surface area contributed by atoms with Gasteiger partial charge in [-0.3, -0.25) is 0 Å². The molecule has 0 aliphatic carbocycles. The van der Waals surface area contributed by atoms with Crippen LogP contribution in [0.4, 0.5) is 11.4 Å². The lowest BCUT2D eigenvalue weighted by Gasteiger charge is -2.21. The molecule has 2 rings (SSSR count). The number of hydrogen-bond donors (Lipinski definition) is 0. The highest BCUT2D eigenvalue weighted by Gasteiger charge is 2.18. The largest absolute Gasteiger partial charge is 0.187 e. The minimum Gasteiger partial charge on any atom is -0.187 e. The van der Waals surface area contributed by atoms with Crippen molar-refractivity contribution in [1.29, 1.82) is 0 Å². The monoisotopic (exact) mass is 418 g/mol. The van der Waals surface area contributed by atoms with Crippen molar-refractivity contribution in [2.75, 3.05) is 0 Å². The van der Waals surface area contributed by atoms with E-state index in [9.17, 15) is 0 Å². The summed E-state index contributed by atoms with van der Waals surface area (Å²) in [4.78, 5) is 9.50. The fourth-order valence-electron chi connectivity index (χ4n) is 4.25. The van der Waals surface area contributed by atoms with E-state index in [1.165, 1.54) is 22.3 Å². The van der Waals surface area contributed by atoms with Crippen LogP contribution in [0.3, 0.4) is 0 Å². The van der Waals surface area contributed by atoms with Crippen LogP contribution in [0.15, 0.2) is 46.4 Å². The maximum atomic E-state index is 4.75. The molecule has 31 heavy (non-hydrogen) atoms. The zero-order valence-electron chi connectivity index (χ0n) is 21.0. The van der Waals surface area contributed by atoms with E-state index < -0.39 is 0 Å². The topological polar surface area (TPSA) is 24.7 Å². The van der Waals surface area contributed by atoms with Crippen LogP contribution < -0.4 is 0 Å². The van der Waals surface area contributed by atoms with Crippen molar-refractivity contribution in [3.63, 3.8) is 0 Å². The zero-order valence-corrected chi connectivity index (χ0v) is 21.0. The number of rotatable bonds is 10. The third-order valence-electron chi connectivity index (χ3n) is 7.07. The second-order valence-corrected chi connectivity index (χ2v) is 9.12. The van der Waals surface area contributed by atoms with Gasteiger partial charge in [0.15, 0.2) is 0 Å². The normalized spacial score (nSPS) is 15.0. The Balaban J connectivity index is 2.57. The Labute approximate surface area is 190 Å². The van der Waals surface area contributed by atoms with Crippen molar-refractivity contribution in [2.24, 2.45) is 9.98 Å². The Morgan fingerprint density at radius 1 is 0.581 bits per heavy atom. The molecule has 0 radical (unpaired) electrons. The van der Waals surface area contributed by atoms with Crippen LogP contribution in [-0.2, 0) is 0 Å². The van der Waals surface area contributed by atoms with Crippen LogP contribution in [0.5, 0.6) is 0 Å². The molecule has 2 nitrogen and oxygen atoms in total. The molecule has 0 aromatic heterocycles. The summed E-state index contributed by atoms with van der Waals surface area (Å²) in [5, 5.41) is 0. The molecular weight excluding hydrogens is 376 g/mol. The molecule has 0 heterocycles. The molecular formula is C29H42N2. The van der Waals surface area contributed by atoms with Crippen LogP contribution in [0.25, 0.3) is 0 Å². The Bertz CT molecular complexity index is 833. The van der Waals surface area contributed by atoms with Crippen molar-refractivity contribution in [2.45, 2.75) is 105 Å². The summed E-state index contributed by atoms with van der Waals surface area (Å²) < 4.78 is 0. The molecule has 4 unspecified atom stereocenters. The van der Waals surface area contributed by atoms with E-state index in [0.29, 0.717) is 23.7 Å². The van der Waals surface area contributed by atoms with Crippen molar-refractivity contribution < 1.29 is 0 Å². The standard InChI is InChI=1S/C29H42N2/c1-9-20(5)24-15-13-17-26(28(24)22(7)11-3)30-19-31-27-18-14-16-25(21(6)10-2)29(27)23(8)12-4/h13-18,20-23H,9-12H2,1-8H3. The highest BCUT2D eigenvalue weighted by Crippen LogP contribution is 2.38. The summed E-state index contributed by atoms with van der Waals surface area (Å²) in [5.74, 6) is 1.99. The first kappa shape index (κ1) is 25.1. The highest BCUT2D eigenvalue weighted by molar-refractivity contribution is 5.64. The molecule has 2 heteroatoms. The second-order valence-electron chi connectivity index (χ2n) is 9.12. The summed E-state index contributed by atoms with van der Waals surface area (Å²) in [5.41, 5.74) is 7.58. The molecule has 2 aromatic rings. The van der Waals surface area contributed by atoms with Gasteiger partial charge in [-0.05, 0) is 83.7 Å². The van der Waals surface area contributed by atoms with E-state index in [1.54, 1.807) is 0 Å². The van der Waals surface area contributed by atoms with Gasteiger partial charge in [-0.1, -0.05) is 79.7 Å². The van der Waals surface area contributed by atoms with E-state index >= 15 is 0 Å². The van der Waals surface area contributed by atoms with Gasteiger partial charge in [0.25, 0.3) is 0 Å². The first-order valence-corrected chi connectivity index (χ1v) is 12.3. The zero-order chi connectivity index (χ0) is 23.0. The van der Waals surface area contributed by atoms with Gasteiger partial charge in [0.1, 0.15) is 6.01 Å². The van der Waals surface area contributed by atoms with E-state index in [0.717, 1.165) is 37.1 Å². The Morgan fingerprint density at radius 2 is 0.935 bits per heavy atom. The lowest BCUT2D eigenvalue weighted by molar-refractivity contribution is 0.677. The molecule has 0 saturated heterocycles. The molecule has 0 amide bonds. The van der Waals surface area contributed by atoms with Crippen LogP contribution in [0.1, 0.15) is 127 Å². The first-order chi connectivity index (χ1) is 14.9. The summed E-state index contributed by atoms with van der Waals surface area (Å²) >= 11 is 0. The average Bonchev–Trinajstić information content (AvgIpc) is 2.81. The van der Waals surface area contributed by atoms with Gasteiger partial charge in [-0.2, -0.15) is 9.98 Å². The van der Waals surface area contributed by atoms with Gasteiger partial charge in [0.05, 0.1) is 11.4 Å². The van der Waals surface area contributed by atoms with Crippen LogP contribution in [0.2, 0.25) is 0 Å². The summed E-state index contributed by atoms with van der Waals surface area (Å²) in [6, 6.07) is 16.1. The molecule has 0 N–H and O–H groups in total. The van der Waals surface area contributed by atoms with Crippen LogP contribution in [0, 0.1) is 0 Å². The Morgan fingerprint density at radius 3 is 1.26 bits per heavy atom. The van der Waals surface area contributed by atoms with Gasteiger partial charge in [-0.25, -0.2) is 0 Å². The molecule has 0 fully saturated rings. The predicted octanol–water partition coefficient (Wildman–Crippen LogP) is 9.88. The van der Waals surface area contributed by atoms with Gasteiger partial charge in [0, 0.05) is 0 Å². The Hall–Kier alpha value is -2.18. The quantitative estimate of drug-likeness (QED) is 0.343. The molecule has 0 aliphatic rings. The summed E-state index contributed by atoms with van der Waals surface area (Å²) in [6.45, 7) is 18.2. The van der Waals surface area contributed by atoms with Gasteiger partial charge in [0.2, 0.25) is 0 Å². The van der Waals surface area contributed by atoms with Gasteiger partial charge in [-0.15, -0.1) is 0 Å². The minimum absolute atomic E-state index is 0.468. The number of benzene rings is 2. The van der Waals surface area contributed by atoms with E-state index in [-0.39, 0.29) is 0 Å². The maximum absolute atomic E-state index is 4.75. The third kappa shape index (κ3) is 5.95. The smallest absolute Gasteiger partial charge is 0.100 e. The lowest BCUT2D eigenvalue weighted by atomic mass is 9.85. The van der Waals surface area contributed by atoms with Crippen molar-refractivity contribution in [1.82, 2.24) is 0 Å². The van der Waals surface area contributed by atoms with Crippen LogP contribution in [-0.4, -0.2) is 6.01 Å². The average molecular weight is 419 g/mol. The van der Waals surface area contributed by atoms with Gasteiger partial charge >= 0.3 is 0 Å². The van der Waals surface area contributed by atoms with E-state index in [1.807, 2.05) is 0 Å². The van der Waals surface area contributed by atoms with E-state index in [4.69, 9.17) is 9.98 Å². The SMILES string of the molecule is CCC(C)c1cccc(N=C=Nc2cccc(C(C)CC)c2C(C)CC)c1C(C)CC. The summed E-state index contributed by atoms with van der Waals surface area (Å²) in [6.07, 6.45) is 4.46. The second kappa shape index (κ2) is 12.0. The molecule has 4 atom stereocenters. The highest BCUT2D eigenvalue weighted by atomic mass is 14.8. The van der Waals surface area contributed by atoms with Crippen molar-refractivity contribution in [3.8, 4) is 0 Å². The molecule has 0 saturated carbocycles. The fraction of sp³-hybridized carbons (Fsp3) is 0.552. The molecule has 2 aromatic carbocycles. The predicted molar refractivity (Wildman–Crippen MR) is 137 cm³/mol. The minimum atomic E-state index is 0.468. The number of nitrogens with zero attached hydrogens (tertiary/aromatic N) is 2. The Kier molecular flexibility index (Phi) is 9.72. The maximum Gasteiger partial charge on any atom is 0.100 e. The molecule has 0 bridgehead atoms. The lowest BCUT2D eigenvalue weighted by Crippen LogP contribution is -2.02. The third-order valence-corrected chi connectivity index (χ3v) is 7.07. The van der Waals surface area contributed by atoms with Crippen molar-refractivity contribution >= 4 is 17.4 Å². The molecule has 168 valence electrons. The van der Waals surface area contributed by atoms with Crippen molar-refractivity contribution in [3.05, 3.63) is 58.7 Å². The first-order valence-electron chi connectivity index (χ1n) is 12.3. The number of hydrogen-bond acceptors (Lipinski definition) is 2. The fourth-order valence-corrected chi connectivity index (χ4v) is 4.25. The van der Waals surface area contributed by atoms with Crippen LogP contribution >= 0.6 is 0 Å². The van der Waals surface area contributed by atoms with Gasteiger partial charge < -0.3 is 0 Å². The van der Waals surface area contributed by atoms with E-state index in [2.05, 4.69) is 97.8 Å². The number of aliphatic imine (C=N–C) groups is 2.